The highest BCUT2D eigenvalue weighted by Crippen LogP contribution is 2.23. The van der Waals surface area contributed by atoms with Crippen LogP contribution in [0.2, 0.25) is 0 Å². The van der Waals surface area contributed by atoms with Gasteiger partial charge < -0.3 is 19.9 Å². The number of amides is 1. The van der Waals surface area contributed by atoms with Crippen LogP contribution in [0.25, 0.3) is 11.0 Å². The molecule has 0 unspecified atom stereocenters. The van der Waals surface area contributed by atoms with Crippen molar-refractivity contribution < 1.29 is 24.2 Å². The summed E-state index contributed by atoms with van der Waals surface area (Å²) in [4.78, 5) is 34.4. The molecule has 23 heavy (non-hydrogen) atoms. The molecule has 0 fully saturated rings. The third-order valence-corrected chi connectivity index (χ3v) is 3.62. The summed E-state index contributed by atoms with van der Waals surface area (Å²) < 4.78 is 5.16. The molecule has 7 nitrogen and oxygen atoms in total. The summed E-state index contributed by atoms with van der Waals surface area (Å²) in [5.41, 5.74) is 0.747. The van der Waals surface area contributed by atoms with E-state index in [1.54, 1.807) is 13.0 Å². The Morgan fingerprint density at radius 1 is 1.35 bits per heavy atom. The minimum Gasteiger partial charge on any atom is -0.508 e. The normalized spacial score (nSPS) is 12.1. The van der Waals surface area contributed by atoms with Crippen LogP contribution in [0.4, 0.5) is 0 Å². The van der Waals surface area contributed by atoms with Crippen LogP contribution in [0.3, 0.4) is 0 Å². The molecule has 0 spiro atoms. The number of hydrogen-bond donors (Lipinski definition) is 3. The second-order valence-corrected chi connectivity index (χ2v) is 5.30. The number of carbonyl (C=O) groups excluding carboxylic acids is 1. The molecular weight excluding hydrogens is 302 g/mol. The Kier molecular flexibility index (Phi) is 4.68. The standard InChI is InChI=1S/C16H17NO6/c1-8-11-4-3-10(18)7-13(11)23-16(22)12(8)5-6-14(19)17-9(2)15(20)21/h3-4,7,9,18H,5-6H2,1-2H3,(H,17,19)(H,20,21)/t9-/m0/s1. The fraction of sp³-hybridized carbons (Fsp3) is 0.312. The van der Waals surface area contributed by atoms with Gasteiger partial charge in [0.2, 0.25) is 5.91 Å². The molecule has 1 aromatic heterocycles. The van der Waals surface area contributed by atoms with E-state index in [4.69, 9.17) is 9.52 Å². The molecule has 2 aromatic rings. The van der Waals surface area contributed by atoms with E-state index < -0.39 is 23.5 Å². The lowest BCUT2D eigenvalue weighted by atomic mass is 10.0. The molecule has 122 valence electrons. The van der Waals surface area contributed by atoms with Gasteiger partial charge in [-0.05, 0) is 38.0 Å². The quantitative estimate of drug-likeness (QED) is 0.716. The zero-order chi connectivity index (χ0) is 17.1. The topological polar surface area (TPSA) is 117 Å². The third-order valence-electron chi connectivity index (χ3n) is 3.62. The number of hydrogen-bond acceptors (Lipinski definition) is 5. The predicted octanol–water partition coefficient (Wildman–Crippen LogP) is 1.33. The Hall–Kier alpha value is -2.83. The van der Waals surface area contributed by atoms with Crippen molar-refractivity contribution in [3.63, 3.8) is 0 Å². The van der Waals surface area contributed by atoms with Crippen LogP contribution in [-0.2, 0) is 16.0 Å². The number of carboxylic acids is 1. The first-order valence-corrected chi connectivity index (χ1v) is 7.07. The molecule has 2 rings (SSSR count). The minimum atomic E-state index is -1.13. The van der Waals surface area contributed by atoms with Crippen molar-refractivity contribution >= 4 is 22.8 Å². The smallest absolute Gasteiger partial charge is 0.339 e. The SMILES string of the molecule is Cc1c(CCC(=O)N[C@@H](C)C(=O)O)c(=O)oc2cc(O)ccc12. The van der Waals surface area contributed by atoms with E-state index in [1.807, 2.05) is 0 Å². The number of fused-ring (bicyclic) bond motifs is 1. The van der Waals surface area contributed by atoms with E-state index in [0.717, 1.165) is 0 Å². The molecule has 0 saturated carbocycles. The number of aryl methyl sites for hydroxylation is 1. The Morgan fingerprint density at radius 3 is 2.70 bits per heavy atom. The molecule has 0 bridgehead atoms. The molecule has 0 aliphatic heterocycles. The van der Waals surface area contributed by atoms with Gasteiger partial charge in [-0.1, -0.05) is 0 Å². The van der Waals surface area contributed by atoms with Crippen molar-refractivity contribution in [2.24, 2.45) is 0 Å². The molecule has 1 atom stereocenters. The van der Waals surface area contributed by atoms with Gasteiger partial charge in [-0.3, -0.25) is 9.59 Å². The maximum Gasteiger partial charge on any atom is 0.339 e. The summed E-state index contributed by atoms with van der Waals surface area (Å²) in [5.74, 6) is -1.58. The first kappa shape index (κ1) is 16.5. The van der Waals surface area contributed by atoms with Crippen LogP contribution in [0, 0.1) is 6.92 Å². The molecule has 1 heterocycles. The van der Waals surface area contributed by atoms with E-state index in [9.17, 15) is 19.5 Å². The van der Waals surface area contributed by atoms with Gasteiger partial charge in [0, 0.05) is 23.4 Å². The number of aliphatic carboxylic acids is 1. The summed E-state index contributed by atoms with van der Waals surface area (Å²) in [7, 11) is 0. The predicted molar refractivity (Wildman–Crippen MR) is 82.4 cm³/mol. The van der Waals surface area contributed by atoms with Crippen LogP contribution in [0.5, 0.6) is 5.75 Å². The lowest BCUT2D eigenvalue weighted by Gasteiger charge is -2.10. The van der Waals surface area contributed by atoms with Crippen molar-refractivity contribution in [1.82, 2.24) is 5.32 Å². The average molecular weight is 319 g/mol. The minimum absolute atomic E-state index is 0.00478. The van der Waals surface area contributed by atoms with Crippen molar-refractivity contribution in [2.75, 3.05) is 0 Å². The largest absolute Gasteiger partial charge is 0.508 e. The van der Waals surface area contributed by atoms with Crippen molar-refractivity contribution in [3.8, 4) is 5.75 Å². The maximum absolute atomic E-state index is 12.0. The maximum atomic E-state index is 12.0. The summed E-state index contributed by atoms with van der Waals surface area (Å²) in [6, 6.07) is 3.49. The number of carboxylic acid groups (broad SMARTS) is 1. The molecule has 3 N–H and O–H groups in total. The second kappa shape index (κ2) is 6.51. The van der Waals surface area contributed by atoms with Crippen molar-refractivity contribution in [2.45, 2.75) is 32.7 Å². The fourth-order valence-electron chi connectivity index (χ4n) is 2.29. The highest BCUT2D eigenvalue weighted by molar-refractivity contribution is 5.84. The van der Waals surface area contributed by atoms with Gasteiger partial charge in [-0.15, -0.1) is 0 Å². The van der Waals surface area contributed by atoms with E-state index in [1.165, 1.54) is 19.1 Å². The number of aromatic hydroxyl groups is 1. The van der Waals surface area contributed by atoms with E-state index in [0.29, 0.717) is 16.5 Å². The van der Waals surface area contributed by atoms with Gasteiger partial charge in [-0.25, -0.2) is 4.79 Å². The molecular formula is C16H17NO6. The molecule has 1 aromatic carbocycles. The van der Waals surface area contributed by atoms with Crippen LogP contribution in [0.1, 0.15) is 24.5 Å². The Morgan fingerprint density at radius 2 is 2.04 bits per heavy atom. The van der Waals surface area contributed by atoms with Crippen LogP contribution >= 0.6 is 0 Å². The highest BCUT2D eigenvalue weighted by atomic mass is 16.4. The van der Waals surface area contributed by atoms with Gasteiger partial charge in [-0.2, -0.15) is 0 Å². The molecule has 0 radical (unpaired) electrons. The second-order valence-electron chi connectivity index (χ2n) is 5.30. The van der Waals surface area contributed by atoms with Gasteiger partial charge >= 0.3 is 11.6 Å². The first-order valence-electron chi connectivity index (χ1n) is 7.07. The van der Waals surface area contributed by atoms with Gasteiger partial charge in [0.25, 0.3) is 0 Å². The van der Waals surface area contributed by atoms with Crippen LogP contribution in [0.15, 0.2) is 27.4 Å². The Balaban J connectivity index is 2.21. The number of benzene rings is 1. The molecule has 0 aliphatic rings. The molecule has 1 amide bonds. The van der Waals surface area contributed by atoms with Crippen molar-refractivity contribution in [3.05, 3.63) is 39.7 Å². The summed E-state index contributed by atoms with van der Waals surface area (Å²) in [5, 5.41) is 21.2. The van der Waals surface area contributed by atoms with E-state index >= 15 is 0 Å². The van der Waals surface area contributed by atoms with Crippen LogP contribution in [-0.4, -0.2) is 28.1 Å². The summed E-state index contributed by atoms with van der Waals surface area (Å²) in [6.45, 7) is 3.10. The number of phenolic OH excluding ortho intramolecular Hbond substituents is 1. The summed E-state index contributed by atoms with van der Waals surface area (Å²) >= 11 is 0. The highest BCUT2D eigenvalue weighted by Gasteiger charge is 2.16. The molecule has 0 saturated heterocycles. The number of carbonyl (C=O) groups is 2. The number of phenols is 1. The first-order chi connectivity index (χ1) is 10.8. The Bertz CT molecular complexity index is 823. The van der Waals surface area contributed by atoms with Gasteiger partial charge in [0.1, 0.15) is 17.4 Å². The zero-order valence-corrected chi connectivity index (χ0v) is 12.8. The summed E-state index contributed by atoms with van der Waals surface area (Å²) in [6.07, 6.45) is 0.121. The van der Waals surface area contributed by atoms with E-state index in [-0.39, 0.29) is 24.2 Å². The Labute approximate surface area is 131 Å². The van der Waals surface area contributed by atoms with E-state index in [2.05, 4.69) is 5.32 Å². The van der Waals surface area contributed by atoms with Gasteiger partial charge in [0.05, 0.1) is 0 Å². The fourth-order valence-corrected chi connectivity index (χ4v) is 2.29. The molecule has 7 heteroatoms. The average Bonchev–Trinajstić information content (AvgIpc) is 2.46. The lowest BCUT2D eigenvalue weighted by Crippen LogP contribution is -2.38. The van der Waals surface area contributed by atoms with Crippen molar-refractivity contribution in [1.29, 1.82) is 0 Å². The number of nitrogens with one attached hydrogen (secondary N) is 1. The van der Waals surface area contributed by atoms with Gasteiger partial charge in [0.15, 0.2) is 0 Å². The number of rotatable bonds is 5. The monoisotopic (exact) mass is 319 g/mol. The van der Waals surface area contributed by atoms with Crippen LogP contribution < -0.4 is 10.9 Å². The third kappa shape index (κ3) is 3.68. The lowest BCUT2D eigenvalue weighted by molar-refractivity contribution is -0.141. The molecule has 0 aliphatic carbocycles. The zero-order valence-electron chi connectivity index (χ0n) is 12.8.